The number of rotatable bonds is 11. The summed E-state index contributed by atoms with van der Waals surface area (Å²) in [6, 6.07) is 26.1. The van der Waals surface area contributed by atoms with Gasteiger partial charge in [0, 0.05) is 18.5 Å². The van der Waals surface area contributed by atoms with Gasteiger partial charge in [-0.2, -0.15) is 0 Å². The van der Waals surface area contributed by atoms with Crippen LogP contribution in [-0.4, -0.2) is 43.3 Å². The third-order valence-corrected chi connectivity index (χ3v) is 8.55. The normalized spacial score (nSPS) is 12.3. The van der Waals surface area contributed by atoms with E-state index < -0.39 is 51.6 Å². The van der Waals surface area contributed by atoms with Crippen LogP contribution in [-0.2, 0) is 32.6 Å². The number of nitrogens with one attached hydrogen (secondary N) is 1. The van der Waals surface area contributed by atoms with Gasteiger partial charge >= 0.3 is 0 Å². The van der Waals surface area contributed by atoms with E-state index in [0.717, 1.165) is 34.1 Å². The van der Waals surface area contributed by atoms with Gasteiger partial charge < -0.3 is 10.2 Å². The molecule has 4 aromatic carbocycles. The highest BCUT2D eigenvalue weighted by Crippen LogP contribution is 2.25. The Morgan fingerprint density at radius 2 is 1.27 bits per heavy atom. The Bertz CT molecular complexity index is 1660. The summed E-state index contributed by atoms with van der Waals surface area (Å²) in [6.45, 7) is 4.72. The van der Waals surface area contributed by atoms with Crippen LogP contribution in [0, 0.1) is 11.6 Å². The van der Waals surface area contributed by atoms with Crippen molar-refractivity contribution < 1.29 is 26.8 Å². The number of amides is 2. The van der Waals surface area contributed by atoms with Crippen LogP contribution in [0.5, 0.6) is 0 Å². The van der Waals surface area contributed by atoms with E-state index in [2.05, 4.69) is 5.32 Å². The molecule has 44 heavy (non-hydrogen) atoms. The standard InChI is InChI=1S/C34H35F2N3O4S/c1-34(2,3)37-33(41)31(22-25-10-6-4-7-11-25)38(23-26-14-16-27(35)17-15-26)32(40)24-39(29-12-8-5-9-13-29)44(42,43)30-20-18-28(36)19-21-30/h4-21,31H,22-24H2,1-3H3,(H,37,41)/t31-/m1/s1. The van der Waals surface area contributed by atoms with E-state index in [9.17, 15) is 26.8 Å². The molecule has 0 saturated carbocycles. The number of carbonyl (C=O) groups excluding carboxylic acids is 2. The lowest BCUT2D eigenvalue weighted by Gasteiger charge is -2.35. The molecule has 4 aromatic rings. The topological polar surface area (TPSA) is 86.8 Å². The molecule has 0 aliphatic rings. The first kappa shape index (κ1) is 32.3. The van der Waals surface area contributed by atoms with E-state index in [-0.39, 0.29) is 23.5 Å². The highest BCUT2D eigenvalue weighted by atomic mass is 32.2. The Labute approximate surface area is 257 Å². The second-order valence-corrected chi connectivity index (χ2v) is 13.3. The van der Waals surface area contributed by atoms with Crippen molar-refractivity contribution in [1.82, 2.24) is 10.2 Å². The summed E-state index contributed by atoms with van der Waals surface area (Å²) in [6.07, 6.45) is 0.145. The second kappa shape index (κ2) is 13.8. The molecular formula is C34H35F2N3O4S. The molecule has 230 valence electrons. The summed E-state index contributed by atoms with van der Waals surface area (Å²) < 4.78 is 56.2. The molecule has 0 aromatic heterocycles. The first-order valence-electron chi connectivity index (χ1n) is 14.1. The fraction of sp³-hybridized carbons (Fsp3) is 0.235. The highest BCUT2D eigenvalue weighted by molar-refractivity contribution is 7.92. The van der Waals surface area contributed by atoms with Gasteiger partial charge in [0.15, 0.2) is 0 Å². The Hall–Kier alpha value is -4.57. The van der Waals surface area contributed by atoms with Gasteiger partial charge in [-0.25, -0.2) is 17.2 Å². The number of halogens is 2. The van der Waals surface area contributed by atoms with Crippen molar-refractivity contribution in [2.24, 2.45) is 0 Å². The van der Waals surface area contributed by atoms with Crippen LogP contribution in [0.4, 0.5) is 14.5 Å². The van der Waals surface area contributed by atoms with E-state index in [4.69, 9.17) is 0 Å². The molecule has 0 radical (unpaired) electrons. The van der Waals surface area contributed by atoms with Gasteiger partial charge in [-0.05, 0) is 80.4 Å². The molecule has 7 nitrogen and oxygen atoms in total. The fourth-order valence-corrected chi connectivity index (χ4v) is 6.06. The van der Waals surface area contributed by atoms with Gasteiger partial charge in [0.2, 0.25) is 11.8 Å². The maximum absolute atomic E-state index is 14.3. The Balaban J connectivity index is 1.79. The van der Waals surface area contributed by atoms with E-state index in [1.807, 2.05) is 51.1 Å². The third-order valence-electron chi connectivity index (χ3n) is 6.76. The number of hydrogen-bond donors (Lipinski definition) is 1. The van der Waals surface area contributed by atoms with Crippen LogP contribution in [0.1, 0.15) is 31.9 Å². The van der Waals surface area contributed by atoms with Gasteiger partial charge in [0.05, 0.1) is 10.6 Å². The summed E-state index contributed by atoms with van der Waals surface area (Å²) in [7, 11) is -4.34. The molecule has 0 heterocycles. The summed E-state index contributed by atoms with van der Waals surface area (Å²) in [5, 5.41) is 2.96. The Kier molecular flexibility index (Phi) is 10.2. The van der Waals surface area contributed by atoms with E-state index >= 15 is 0 Å². The molecule has 1 N–H and O–H groups in total. The number of anilines is 1. The van der Waals surface area contributed by atoms with E-state index in [1.165, 1.54) is 29.2 Å². The van der Waals surface area contributed by atoms with Crippen LogP contribution in [0.3, 0.4) is 0 Å². The fourth-order valence-electron chi connectivity index (χ4n) is 4.65. The minimum Gasteiger partial charge on any atom is -0.350 e. The average Bonchev–Trinajstić information content (AvgIpc) is 2.98. The van der Waals surface area contributed by atoms with Crippen molar-refractivity contribution >= 4 is 27.5 Å². The second-order valence-electron chi connectivity index (χ2n) is 11.4. The Morgan fingerprint density at radius 1 is 0.750 bits per heavy atom. The van der Waals surface area contributed by atoms with Gasteiger partial charge in [-0.3, -0.25) is 13.9 Å². The van der Waals surface area contributed by atoms with Crippen LogP contribution < -0.4 is 9.62 Å². The van der Waals surface area contributed by atoms with Crippen molar-refractivity contribution in [1.29, 1.82) is 0 Å². The van der Waals surface area contributed by atoms with Gasteiger partial charge in [-0.15, -0.1) is 0 Å². The minimum atomic E-state index is -4.34. The molecular weight excluding hydrogens is 584 g/mol. The molecule has 0 saturated heterocycles. The molecule has 2 amide bonds. The number of hydrogen-bond acceptors (Lipinski definition) is 4. The predicted molar refractivity (Wildman–Crippen MR) is 166 cm³/mol. The summed E-state index contributed by atoms with van der Waals surface area (Å²) in [5.41, 5.74) is 0.926. The lowest BCUT2D eigenvalue weighted by Crippen LogP contribution is -2.56. The largest absolute Gasteiger partial charge is 0.350 e. The SMILES string of the molecule is CC(C)(C)NC(=O)[C@@H](Cc1ccccc1)N(Cc1ccc(F)cc1)C(=O)CN(c1ccccc1)S(=O)(=O)c1ccc(F)cc1. The molecule has 4 rings (SSSR count). The molecule has 0 unspecified atom stereocenters. The number of carbonyl (C=O) groups is 2. The van der Waals surface area contributed by atoms with E-state index in [0.29, 0.717) is 5.56 Å². The monoisotopic (exact) mass is 619 g/mol. The number of benzene rings is 4. The van der Waals surface area contributed by atoms with Gasteiger partial charge in [0.25, 0.3) is 10.0 Å². The zero-order chi connectivity index (χ0) is 31.9. The summed E-state index contributed by atoms with van der Waals surface area (Å²) in [4.78, 5) is 29.3. The number of para-hydroxylation sites is 1. The van der Waals surface area contributed by atoms with Crippen molar-refractivity contribution in [3.05, 3.63) is 132 Å². The first-order valence-corrected chi connectivity index (χ1v) is 15.5. The average molecular weight is 620 g/mol. The first-order chi connectivity index (χ1) is 20.8. The lowest BCUT2D eigenvalue weighted by molar-refractivity contribution is -0.140. The number of nitrogens with zero attached hydrogens (tertiary/aromatic N) is 2. The molecule has 0 fully saturated rings. The van der Waals surface area contributed by atoms with Crippen molar-refractivity contribution in [3.63, 3.8) is 0 Å². The quantitative estimate of drug-likeness (QED) is 0.233. The smallest absolute Gasteiger partial charge is 0.264 e. The van der Waals surface area contributed by atoms with E-state index in [1.54, 1.807) is 30.3 Å². The summed E-state index contributed by atoms with van der Waals surface area (Å²) in [5.74, 6) is -2.15. The minimum absolute atomic E-state index is 0.0899. The van der Waals surface area contributed by atoms with Crippen LogP contribution in [0.25, 0.3) is 0 Å². The maximum atomic E-state index is 14.3. The molecule has 0 spiro atoms. The zero-order valence-electron chi connectivity index (χ0n) is 24.8. The maximum Gasteiger partial charge on any atom is 0.264 e. The highest BCUT2D eigenvalue weighted by Gasteiger charge is 2.35. The Morgan fingerprint density at radius 3 is 1.82 bits per heavy atom. The number of sulfonamides is 1. The molecule has 10 heteroatoms. The van der Waals surface area contributed by atoms with Crippen molar-refractivity contribution in [3.8, 4) is 0 Å². The molecule has 0 aliphatic heterocycles. The lowest BCUT2D eigenvalue weighted by atomic mass is 10.0. The van der Waals surface area contributed by atoms with Crippen molar-refractivity contribution in [2.75, 3.05) is 10.8 Å². The molecule has 0 aliphatic carbocycles. The molecule has 1 atom stereocenters. The zero-order valence-corrected chi connectivity index (χ0v) is 25.6. The van der Waals surface area contributed by atoms with Crippen molar-refractivity contribution in [2.45, 2.75) is 50.2 Å². The third kappa shape index (κ3) is 8.50. The predicted octanol–water partition coefficient (Wildman–Crippen LogP) is 5.71. The van der Waals surface area contributed by atoms with Gasteiger partial charge in [0.1, 0.15) is 24.2 Å². The van der Waals surface area contributed by atoms with Crippen LogP contribution >= 0.6 is 0 Å². The van der Waals surface area contributed by atoms with Gasteiger partial charge in [-0.1, -0.05) is 60.7 Å². The van der Waals surface area contributed by atoms with Crippen LogP contribution in [0.2, 0.25) is 0 Å². The molecule has 0 bridgehead atoms. The summed E-state index contributed by atoms with van der Waals surface area (Å²) >= 11 is 0. The van der Waals surface area contributed by atoms with Crippen LogP contribution in [0.15, 0.2) is 114 Å².